The summed E-state index contributed by atoms with van der Waals surface area (Å²) in [5, 5.41) is 11.5. The Morgan fingerprint density at radius 2 is 2.11 bits per heavy atom. The van der Waals surface area contributed by atoms with Gasteiger partial charge in [-0.05, 0) is 24.5 Å². The highest BCUT2D eigenvalue weighted by Crippen LogP contribution is 2.35. The Morgan fingerprint density at radius 1 is 1.21 bits per heavy atom. The molecule has 4 rings (SSSR count). The number of nitrogens with zero attached hydrogens (tertiary/aromatic N) is 2. The third-order valence-electron chi connectivity index (χ3n) is 3.52. The molecular formula is C14H15N3O2. The molecule has 0 saturated heterocycles. The van der Waals surface area contributed by atoms with Gasteiger partial charge in [0.1, 0.15) is 5.75 Å². The van der Waals surface area contributed by atoms with Crippen molar-refractivity contribution in [2.45, 2.75) is 38.0 Å². The first-order chi connectivity index (χ1) is 9.38. The van der Waals surface area contributed by atoms with Gasteiger partial charge in [-0.15, -0.1) is 10.2 Å². The van der Waals surface area contributed by atoms with Crippen LogP contribution < -0.4 is 10.1 Å². The lowest BCUT2D eigenvalue weighted by molar-refractivity contribution is 0.194. The van der Waals surface area contributed by atoms with Gasteiger partial charge in [-0.2, -0.15) is 0 Å². The number of aromatic nitrogens is 2. The monoisotopic (exact) mass is 257 g/mol. The fourth-order valence-corrected chi connectivity index (χ4v) is 2.31. The normalized spacial score (nSPS) is 21.2. The third kappa shape index (κ3) is 2.21. The Labute approximate surface area is 111 Å². The summed E-state index contributed by atoms with van der Waals surface area (Å²) < 4.78 is 11.5. The molecule has 0 radical (unpaired) electrons. The largest absolute Gasteiger partial charge is 0.480 e. The molecule has 1 N–H and O–H groups in total. The maximum Gasteiger partial charge on any atom is 0.257 e. The Hall–Kier alpha value is -1.88. The fraction of sp³-hybridized carbons (Fsp3) is 0.429. The van der Waals surface area contributed by atoms with Crippen LogP contribution >= 0.6 is 0 Å². The molecule has 1 aromatic heterocycles. The van der Waals surface area contributed by atoms with Crippen molar-refractivity contribution in [2.75, 3.05) is 0 Å². The molecule has 98 valence electrons. The summed E-state index contributed by atoms with van der Waals surface area (Å²) in [5.74, 6) is 2.13. The number of nitrogens with one attached hydrogen (secondary N) is 1. The fourth-order valence-electron chi connectivity index (χ4n) is 2.31. The molecule has 1 aliphatic heterocycles. The van der Waals surface area contributed by atoms with Gasteiger partial charge < -0.3 is 14.5 Å². The molecule has 5 nitrogen and oxygen atoms in total. The number of hydrogen-bond acceptors (Lipinski definition) is 5. The summed E-state index contributed by atoms with van der Waals surface area (Å²) in [6, 6.07) is 8.67. The quantitative estimate of drug-likeness (QED) is 0.907. The van der Waals surface area contributed by atoms with Gasteiger partial charge in [-0.3, -0.25) is 0 Å². The van der Waals surface area contributed by atoms with E-state index in [2.05, 4.69) is 21.6 Å². The number of fused-ring (bicyclic) bond motifs is 1. The molecule has 1 atom stereocenters. The third-order valence-corrected chi connectivity index (χ3v) is 3.52. The SMILES string of the molecule is c1ccc2c(c1)CC(c1nnc(CNC3CC3)o1)O2. The first kappa shape index (κ1) is 11.0. The van der Waals surface area contributed by atoms with Crippen LogP contribution in [-0.4, -0.2) is 16.2 Å². The van der Waals surface area contributed by atoms with Crippen LogP contribution in [0.5, 0.6) is 5.75 Å². The van der Waals surface area contributed by atoms with Crippen LogP contribution in [0.15, 0.2) is 28.7 Å². The standard InChI is InChI=1S/C14H15N3O2/c1-2-4-11-9(3-1)7-12(18-11)14-17-16-13(19-14)8-15-10-5-6-10/h1-4,10,12,15H,5-8H2. The van der Waals surface area contributed by atoms with E-state index in [9.17, 15) is 0 Å². The smallest absolute Gasteiger partial charge is 0.257 e. The van der Waals surface area contributed by atoms with Crippen molar-refractivity contribution in [1.82, 2.24) is 15.5 Å². The first-order valence-electron chi connectivity index (χ1n) is 6.69. The Kier molecular flexibility index (Phi) is 2.51. The van der Waals surface area contributed by atoms with Crippen LogP contribution in [0.4, 0.5) is 0 Å². The molecule has 1 fully saturated rings. The van der Waals surface area contributed by atoms with Gasteiger partial charge in [0.25, 0.3) is 5.89 Å². The van der Waals surface area contributed by atoms with Crippen LogP contribution in [0.3, 0.4) is 0 Å². The lowest BCUT2D eigenvalue weighted by Gasteiger charge is -2.04. The summed E-state index contributed by atoms with van der Waals surface area (Å²) >= 11 is 0. The summed E-state index contributed by atoms with van der Waals surface area (Å²) in [5.41, 5.74) is 1.20. The van der Waals surface area contributed by atoms with Crippen molar-refractivity contribution in [3.63, 3.8) is 0 Å². The maximum absolute atomic E-state index is 5.83. The van der Waals surface area contributed by atoms with E-state index in [-0.39, 0.29) is 6.10 Å². The van der Waals surface area contributed by atoms with Crippen LogP contribution in [0.2, 0.25) is 0 Å². The molecule has 0 bridgehead atoms. The predicted molar refractivity (Wildman–Crippen MR) is 67.7 cm³/mol. The zero-order chi connectivity index (χ0) is 12.7. The molecular weight excluding hydrogens is 242 g/mol. The lowest BCUT2D eigenvalue weighted by Crippen LogP contribution is -2.15. The minimum Gasteiger partial charge on any atom is -0.480 e. The minimum absolute atomic E-state index is 0.139. The van der Waals surface area contributed by atoms with Gasteiger partial charge in [0.2, 0.25) is 5.89 Å². The van der Waals surface area contributed by atoms with E-state index in [1.165, 1.54) is 18.4 Å². The van der Waals surface area contributed by atoms with Crippen molar-refractivity contribution >= 4 is 0 Å². The van der Waals surface area contributed by atoms with Crippen LogP contribution in [0.25, 0.3) is 0 Å². The van der Waals surface area contributed by atoms with E-state index in [1.54, 1.807) is 0 Å². The van der Waals surface area contributed by atoms with Gasteiger partial charge in [0.05, 0.1) is 6.54 Å². The Bertz CT molecular complexity index is 567. The summed E-state index contributed by atoms with van der Waals surface area (Å²) in [4.78, 5) is 0. The average molecular weight is 257 g/mol. The molecule has 2 aromatic rings. The molecule has 0 spiro atoms. The lowest BCUT2D eigenvalue weighted by atomic mass is 10.1. The van der Waals surface area contributed by atoms with E-state index < -0.39 is 0 Å². The van der Waals surface area contributed by atoms with E-state index in [1.807, 2.05) is 18.2 Å². The van der Waals surface area contributed by atoms with Crippen LogP contribution in [0.1, 0.15) is 36.3 Å². The summed E-state index contributed by atoms with van der Waals surface area (Å²) in [6.45, 7) is 0.650. The van der Waals surface area contributed by atoms with E-state index in [0.29, 0.717) is 24.4 Å². The number of ether oxygens (including phenoxy) is 1. The highest BCUT2D eigenvalue weighted by Gasteiger charge is 2.29. The van der Waals surface area contributed by atoms with Crippen LogP contribution in [-0.2, 0) is 13.0 Å². The maximum atomic E-state index is 5.83. The summed E-state index contributed by atoms with van der Waals surface area (Å²) in [7, 11) is 0. The van der Waals surface area contributed by atoms with Gasteiger partial charge in [0, 0.05) is 12.5 Å². The second-order valence-electron chi connectivity index (χ2n) is 5.11. The van der Waals surface area contributed by atoms with Crippen molar-refractivity contribution < 1.29 is 9.15 Å². The highest BCUT2D eigenvalue weighted by molar-refractivity contribution is 5.37. The number of benzene rings is 1. The average Bonchev–Trinajstić information content (AvgIpc) is 2.99. The number of hydrogen-bond donors (Lipinski definition) is 1. The highest BCUT2D eigenvalue weighted by atomic mass is 16.5. The number of rotatable bonds is 4. The van der Waals surface area contributed by atoms with Crippen molar-refractivity contribution in [3.05, 3.63) is 41.6 Å². The van der Waals surface area contributed by atoms with Crippen LogP contribution in [0, 0.1) is 0 Å². The van der Waals surface area contributed by atoms with Gasteiger partial charge in [-0.25, -0.2) is 0 Å². The first-order valence-corrected chi connectivity index (χ1v) is 6.69. The van der Waals surface area contributed by atoms with Gasteiger partial charge in [0.15, 0.2) is 6.10 Å². The predicted octanol–water partition coefficient (Wildman–Crippen LogP) is 2.00. The number of para-hydroxylation sites is 1. The summed E-state index contributed by atoms with van der Waals surface area (Å²) in [6.07, 6.45) is 3.16. The molecule has 1 unspecified atom stereocenters. The second-order valence-corrected chi connectivity index (χ2v) is 5.11. The molecule has 1 aromatic carbocycles. The van der Waals surface area contributed by atoms with Gasteiger partial charge >= 0.3 is 0 Å². The van der Waals surface area contributed by atoms with E-state index >= 15 is 0 Å². The van der Waals surface area contributed by atoms with E-state index in [0.717, 1.165) is 12.2 Å². The van der Waals surface area contributed by atoms with E-state index in [4.69, 9.17) is 9.15 Å². The zero-order valence-corrected chi connectivity index (χ0v) is 10.5. The molecule has 2 heterocycles. The minimum atomic E-state index is -0.139. The zero-order valence-electron chi connectivity index (χ0n) is 10.5. The molecule has 19 heavy (non-hydrogen) atoms. The van der Waals surface area contributed by atoms with Crippen molar-refractivity contribution in [2.24, 2.45) is 0 Å². The Morgan fingerprint density at radius 3 is 2.95 bits per heavy atom. The topological polar surface area (TPSA) is 60.2 Å². The van der Waals surface area contributed by atoms with Gasteiger partial charge in [-0.1, -0.05) is 18.2 Å². The molecule has 1 aliphatic carbocycles. The van der Waals surface area contributed by atoms with Crippen molar-refractivity contribution in [1.29, 1.82) is 0 Å². The molecule has 2 aliphatic rings. The van der Waals surface area contributed by atoms with Crippen molar-refractivity contribution in [3.8, 4) is 5.75 Å². The molecule has 0 amide bonds. The Balaban J connectivity index is 1.45. The second kappa shape index (κ2) is 4.35. The molecule has 5 heteroatoms. The molecule has 1 saturated carbocycles.